The van der Waals surface area contributed by atoms with Crippen LogP contribution in [0.2, 0.25) is 0 Å². The third-order valence-corrected chi connectivity index (χ3v) is 4.24. The zero-order chi connectivity index (χ0) is 15.6. The molecule has 2 rings (SSSR count). The first-order valence-corrected chi connectivity index (χ1v) is 7.42. The van der Waals surface area contributed by atoms with E-state index in [2.05, 4.69) is 4.72 Å². The van der Waals surface area contributed by atoms with Gasteiger partial charge in [0.25, 0.3) is 15.7 Å². The molecular weight excluding hydrogens is 294 g/mol. The highest BCUT2D eigenvalue weighted by atomic mass is 32.2. The second-order valence-electron chi connectivity index (χ2n) is 4.41. The summed E-state index contributed by atoms with van der Waals surface area (Å²) >= 11 is 0. The van der Waals surface area contributed by atoms with E-state index < -0.39 is 14.9 Å². The van der Waals surface area contributed by atoms with Crippen molar-refractivity contribution in [2.24, 2.45) is 0 Å². The molecule has 0 aliphatic heterocycles. The normalized spacial score (nSPS) is 11.1. The minimum Gasteiger partial charge on any atom is -0.391 e. The second kappa shape index (κ2) is 5.41. The summed E-state index contributed by atoms with van der Waals surface area (Å²) in [7, 11) is -3.85. The summed E-state index contributed by atoms with van der Waals surface area (Å²) in [6.07, 6.45) is 0. The molecule has 3 N–H and O–H groups in total. The Balaban J connectivity index is 2.39. The summed E-state index contributed by atoms with van der Waals surface area (Å²) in [5.74, 6) is 0. The van der Waals surface area contributed by atoms with E-state index in [1.807, 2.05) is 6.92 Å². The highest BCUT2D eigenvalue weighted by molar-refractivity contribution is 7.92. The Kier molecular flexibility index (Phi) is 3.81. The van der Waals surface area contributed by atoms with Gasteiger partial charge in [-0.25, -0.2) is 8.42 Å². The van der Waals surface area contributed by atoms with Crippen LogP contribution in [-0.4, -0.2) is 13.3 Å². The van der Waals surface area contributed by atoms with Crippen molar-refractivity contribution in [1.82, 2.24) is 0 Å². The molecule has 0 saturated heterocycles. The maximum Gasteiger partial charge on any atom is 0.294 e. The van der Waals surface area contributed by atoms with Crippen molar-refractivity contribution in [3.8, 4) is 0 Å². The number of nitrogens with zero attached hydrogens (tertiary/aromatic N) is 1. The van der Waals surface area contributed by atoms with Crippen LogP contribution in [0.15, 0.2) is 47.4 Å². The zero-order valence-electron chi connectivity index (χ0n) is 11.1. The summed E-state index contributed by atoms with van der Waals surface area (Å²) < 4.78 is 26.7. The number of para-hydroxylation sites is 1. The fraction of sp³-hybridized carbons (Fsp3) is 0.0769. The number of anilines is 2. The fourth-order valence-electron chi connectivity index (χ4n) is 1.72. The standard InChI is InChI=1S/C13H13N3O4S/c1-9-5-7-10(8-6-9)21(19,20)15-11-3-2-4-12(13(11)14)16(17)18/h2-8,15H,14H2,1H3. The predicted molar refractivity (Wildman–Crippen MR) is 79.5 cm³/mol. The molecule has 0 atom stereocenters. The Bertz CT molecular complexity index is 786. The first-order chi connectivity index (χ1) is 9.81. The molecule has 7 nitrogen and oxygen atoms in total. The number of nitro groups is 1. The van der Waals surface area contributed by atoms with Crippen LogP contribution in [0.5, 0.6) is 0 Å². The zero-order valence-corrected chi connectivity index (χ0v) is 11.9. The molecule has 0 heterocycles. The van der Waals surface area contributed by atoms with Crippen molar-refractivity contribution < 1.29 is 13.3 Å². The van der Waals surface area contributed by atoms with Crippen molar-refractivity contribution in [2.75, 3.05) is 10.5 Å². The van der Waals surface area contributed by atoms with Crippen molar-refractivity contribution in [1.29, 1.82) is 0 Å². The third kappa shape index (κ3) is 3.11. The van der Waals surface area contributed by atoms with E-state index in [1.165, 1.54) is 30.3 Å². The molecule has 0 amide bonds. The van der Waals surface area contributed by atoms with Gasteiger partial charge in [0, 0.05) is 6.07 Å². The molecule has 0 aliphatic carbocycles. The molecular formula is C13H13N3O4S. The first-order valence-electron chi connectivity index (χ1n) is 5.93. The number of aryl methyl sites for hydroxylation is 1. The minimum absolute atomic E-state index is 0.0234. The SMILES string of the molecule is Cc1ccc(S(=O)(=O)Nc2cccc([N+](=O)[O-])c2N)cc1. The van der Waals surface area contributed by atoms with E-state index in [0.717, 1.165) is 5.56 Å². The van der Waals surface area contributed by atoms with Crippen LogP contribution < -0.4 is 10.5 Å². The number of nitrogen functional groups attached to an aromatic ring is 1. The lowest BCUT2D eigenvalue weighted by molar-refractivity contribution is -0.383. The Hall–Kier alpha value is -2.61. The van der Waals surface area contributed by atoms with Gasteiger partial charge >= 0.3 is 0 Å². The largest absolute Gasteiger partial charge is 0.391 e. The summed E-state index contributed by atoms with van der Waals surface area (Å²) in [4.78, 5) is 10.2. The number of rotatable bonds is 4. The number of sulfonamides is 1. The minimum atomic E-state index is -3.85. The maximum atomic E-state index is 12.2. The first kappa shape index (κ1) is 14.8. The number of hydrogen-bond donors (Lipinski definition) is 2. The molecule has 0 unspecified atom stereocenters. The van der Waals surface area contributed by atoms with Gasteiger partial charge in [0.15, 0.2) is 0 Å². The van der Waals surface area contributed by atoms with Gasteiger partial charge in [0.2, 0.25) is 0 Å². The van der Waals surface area contributed by atoms with Gasteiger partial charge < -0.3 is 5.73 Å². The summed E-state index contributed by atoms with van der Waals surface area (Å²) in [5.41, 5.74) is 5.95. The molecule has 8 heteroatoms. The number of benzene rings is 2. The Morgan fingerprint density at radius 1 is 1.14 bits per heavy atom. The highest BCUT2D eigenvalue weighted by Gasteiger charge is 2.19. The molecule has 0 spiro atoms. The second-order valence-corrected chi connectivity index (χ2v) is 6.10. The lowest BCUT2D eigenvalue weighted by Gasteiger charge is -2.10. The molecule has 0 radical (unpaired) electrons. The highest BCUT2D eigenvalue weighted by Crippen LogP contribution is 2.30. The molecule has 0 fully saturated rings. The lowest BCUT2D eigenvalue weighted by Crippen LogP contribution is -2.14. The van der Waals surface area contributed by atoms with E-state index >= 15 is 0 Å². The molecule has 0 aromatic heterocycles. The van der Waals surface area contributed by atoms with Gasteiger partial charge in [-0.1, -0.05) is 23.8 Å². The molecule has 21 heavy (non-hydrogen) atoms. The number of nitrogens with one attached hydrogen (secondary N) is 1. The topological polar surface area (TPSA) is 115 Å². The number of nitro benzene ring substituents is 1. The molecule has 0 saturated carbocycles. The number of nitrogens with two attached hydrogens (primary N) is 1. The van der Waals surface area contributed by atoms with Crippen molar-refractivity contribution >= 4 is 27.1 Å². The van der Waals surface area contributed by atoms with Gasteiger partial charge in [-0.05, 0) is 25.1 Å². The van der Waals surface area contributed by atoms with Crippen LogP contribution in [0.1, 0.15) is 5.56 Å². The smallest absolute Gasteiger partial charge is 0.294 e. The van der Waals surface area contributed by atoms with E-state index in [9.17, 15) is 18.5 Å². The Morgan fingerprint density at radius 2 is 1.76 bits per heavy atom. The molecule has 110 valence electrons. The van der Waals surface area contributed by atoms with Crippen LogP contribution in [-0.2, 0) is 10.0 Å². The third-order valence-electron chi connectivity index (χ3n) is 2.86. The van der Waals surface area contributed by atoms with E-state index in [-0.39, 0.29) is 22.0 Å². The van der Waals surface area contributed by atoms with Crippen LogP contribution in [0.25, 0.3) is 0 Å². The molecule has 0 aliphatic rings. The summed E-state index contributed by atoms with van der Waals surface area (Å²) in [6, 6.07) is 10.2. The lowest BCUT2D eigenvalue weighted by atomic mass is 10.2. The van der Waals surface area contributed by atoms with Crippen LogP contribution in [0.4, 0.5) is 17.1 Å². The van der Waals surface area contributed by atoms with Gasteiger partial charge in [-0.15, -0.1) is 0 Å². The van der Waals surface area contributed by atoms with Gasteiger partial charge in [0.1, 0.15) is 5.69 Å². The Labute approximate surface area is 121 Å². The van der Waals surface area contributed by atoms with E-state index in [1.54, 1.807) is 12.1 Å². The molecule has 2 aromatic carbocycles. The quantitative estimate of drug-likeness (QED) is 0.511. The maximum absolute atomic E-state index is 12.2. The summed E-state index contributed by atoms with van der Waals surface area (Å²) in [5, 5.41) is 10.8. The van der Waals surface area contributed by atoms with Crippen molar-refractivity contribution in [2.45, 2.75) is 11.8 Å². The van der Waals surface area contributed by atoms with Crippen molar-refractivity contribution in [3.05, 3.63) is 58.1 Å². The average Bonchev–Trinajstić information content (AvgIpc) is 2.41. The van der Waals surface area contributed by atoms with Gasteiger partial charge in [-0.2, -0.15) is 0 Å². The average molecular weight is 307 g/mol. The van der Waals surface area contributed by atoms with E-state index in [4.69, 9.17) is 5.73 Å². The molecule has 2 aromatic rings. The molecule has 0 bridgehead atoms. The van der Waals surface area contributed by atoms with Crippen LogP contribution in [0.3, 0.4) is 0 Å². The monoisotopic (exact) mass is 307 g/mol. The van der Waals surface area contributed by atoms with Crippen molar-refractivity contribution in [3.63, 3.8) is 0 Å². The van der Waals surface area contributed by atoms with Gasteiger partial charge in [0.05, 0.1) is 15.5 Å². The van der Waals surface area contributed by atoms with E-state index in [0.29, 0.717) is 0 Å². The Morgan fingerprint density at radius 3 is 2.33 bits per heavy atom. The van der Waals surface area contributed by atoms with Crippen LogP contribution in [0, 0.1) is 17.0 Å². The number of hydrogen-bond acceptors (Lipinski definition) is 5. The predicted octanol–water partition coefficient (Wildman–Crippen LogP) is 2.29. The fourth-order valence-corrected chi connectivity index (χ4v) is 2.80. The summed E-state index contributed by atoms with van der Waals surface area (Å²) in [6.45, 7) is 1.84. The van der Waals surface area contributed by atoms with Crippen LogP contribution >= 0.6 is 0 Å². The van der Waals surface area contributed by atoms with Gasteiger partial charge in [-0.3, -0.25) is 14.8 Å².